The van der Waals surface area contributed by atoms with E-state index in [0.717, 1.165) is 90.3 Å². The molecule has 222 valence electrons. The van der Waals surface area contributed by atoms with Gasteiger partial charge in [-0.1, -0.05) is 52.3 Å². The van der Waals surface area contributed by atoms with Crippen molar-refractivity contribution >= 4 is 39.3 Å². The Bertz CT molecular complexity index is 1580. The highest BCUT2D eigenvalue weighted by molar-refractivity contribution is 9.10. The summed E-state index contributed by atoms with van der Waals surface area (Å²) in [6.45, 7) is 8.53. The number of carbonyl (C=O) groups is 1. The van der Waals surface area contributed by atoms with Crippen LogP contribution in [0.3, 0.4) is 0 Å². The molecule has 8 nitrogen and oxygen atoms in total. The summed E-state index contributed by atoms with van der Waals surface area (Å²) in [5.74, 6) is 0.876. The summed E-state index contributed by atoms with van der Waals surface area (Å²) in [4.78, 5) is 27.2. The zero-order chi connectivity index (χ0) is 29.8. The summed E-state index contributed by atoms with van der Waals surface area (Å²) in [6.07, 6.45) is 3.88. The predicted molar refractivity (Wildman–Crippen MR) is 178 cm³/mol. The number of nitrogens with zero attached hydrogens (tertiary/aromatic N) is 4. The van der Waals surface area contributed by atoms with Crippen LogP contribution in [0.1, 0.15) is 34.6 Å². The number of rotatable bonds is 8. The average molecular weight is 641 g/mol. The Balaban J connectivity index is 1.09. The van der Waals surface area contributed by atoms with Crippen molar-refractivity contribution in [2.24, 2.45) is 0 Å². The lowest BCUT2D eigenvalue weighted by molar-refractivity contribution is 0.154. The van der Waals surface area contributed by atoms with Crippen LogP contribution in [0.2, 0.25) is 0 Å². The van der Waals surface area contributed by atoms with Gasteiger partial charge in [0.05, 0.1) is 5.69 Å². The molecule has 1 aromatic heterocycles. The van der Waals surface area contributed by atoms with Gasteiger partial charge in [-0.15, -0.1) is 0 Å². The topological polar surface area (TPSA) is 85.4 Å². The zero-order valence-electron chi connectivity index (χ0n) is 24.7. The third-order valence-corrected chi connectivity index (χ3v) is 9.29. The zero-order valence-corrected chi connectivity index (χ0v) is 26.3. The fourth-order valence-corrected chi connectivity index (χ4v) is 6.15. The number of piperazine rings is 1. The number of urea groups is 1. The van der Waals surface area contributed by atoms with Crippen molar-refractivity contribution in [3.05, 3.63) is 99.7 Å². The van der Waals surface area contributed by atoms with Gasteiger partial charge in [-0.2, -0.15) is 0 Å². The molecule has 1 atom stereocenters. The molecule has 43 heavy (non-hydrogen) atoms. The van der Waals surface area contributed by atoms with Crippen molar-refractivity contribution in [3.8, 4) is 11.3 Å². The molecule has 1 aliphatic heterocycles. The molecule has 2 aliphatic rings. The first kappa shape index (κ1) is 29.3. The van der Waals surface area contributed by atoms with Crippen molar-refractivity contribution in [1.29, 1.82) is 0 Å². The predicted octanol–water partition coefficient (Wildman–Crippen LogP) is 6.60. The smallest absolute Gasteiger partial charge is 0.323 e. The molecule has 1 aliphatic carbocycles. The summed E-state index contributed by atoms with van der Waals surface area (Å²) in [7, 11) is 2.19. The number of aryl methyl sites for hydroxylation is 1. The van der Waals surface area contributed by atoms with Gasteiger partial charge in [-0.05, 0) is 85.9 Å². The van der Waals surface area contributed by atoms with Crippen LogP contribution in [-0.4, -0.2) is 72.1 Å². The maximum absolute atomic E-state index is 12.6. The van der Waals surface area contributed by atoms with Gasteiger partial charge < -0.3 is 25.8 Å². The van der Waals surface area contributed by atoms with E-state index in [1.54, 1.807) is 0 Å². The standard InChI is InChI=1S/C34H38BrN7O/c1-23-20-27(12-13-31(23)35)39-34(43)38-26-10-8-24(9-11-26)30-21-25-22-37-33(40-32(25)29-7-4-3-6-28(29)30)36-14-5-15-42-18-16-41(2)17-19-42/h3-4,6-13,20,22,30H,5,14-19,21H2,1-2H3,(H,36,37,40)(H2,38,39,43). The Morgan fingerprint density at radius 3 is 2.51 bits per heavy atom. The molecule has 3 aromatic carbocycles. The number of carbonyl (C=O) groups excluding carboxylic acids is 1. The molecule has 6 rings (SSSR count). The molecule has 9 heteroatoms. The van der Waals surface area contributed by atoms with Gasteiger partial charge in [-0.25, -0.2) is 14.8 Å². The number of hydrogen-bond acceptors (Lipinski definition) is 6. The molecule has 1 unspecified atom stereocenters. The van der Waals surface area contributed by atoms with E-state index < -0.39 is 0 Å². The molecular formula is C34H38BrN7O. The number of nitrogens with one attached hydrogen (secondary N) is 3. The number of benzene rings is 3. The fourth-order valence-electron chi connectivity index (χ4n) is 5.91. The lowest BCUT2D eigenvalue weighted by Gasteiger charge is -2.32. The minimum atomic E-state index is -0.271. The lowest BCUT2D eigenvalue weighted by Crippen LogP contribution is -2.44. The van der Waals surface area contributed by atoms with Gasteiger partial charge in [0.1, 0.15) is 0 Å². The molecule has 0 spiro atoms. The highest BCUT2D eigenvalue weighted by Gasteiger charge is 2.27. The Labute approximate surface area is 262 Å². The number of aromatic nitrogens is 2. The summed E-state index contributed by atoms with van der Waals surface area (Å²) in [5.41, 5.74) is 8.33. The minimum absolute atomic E-state index is 0.184. The quantitative estimate of drug-likeness (QED) is 0.189. The molecular weight excluding hydrogens is 602 g/mol. The number of likely N-dealkylation sites (N-methyl/N-ethyl adjacent to an activating group) is 1. The van der Waals surface area contributed by atoms with E-state index >= 15 is 0 Å². The number of amides is 2. The van der Waals surface area contributed by atoms with Crippen molar-refractivity contribution in [2.75, 3.05) is 62.3 Å². The van der Waals surface area contributed by atoms with Crippen molar-refractivity contribution < 1.29 is 4.79 Å². The van der Waals surface area contributed by atoms with E-state index in [9.17, 15) is 4.79 Å². The van der Waals surface area contributed by atoms with Gasteiger partial charge in [0.15, 0.2) is 0 Å². The second-order valence-electron chi connectivity index (χ2n) is 11.5. The number of fused-ring (bicyclic) bond motifs is 3. The monoisotopic (exact) mass is 639 g/mol. The molecule has 0 saturated carbocycles. The van der Waals surface area contributed by atoms with Crippen LogP contribution < -0.4 is 16.0 Å². The Hall–Kier alpha value is -3.79. The SMILES string of the molecule is Cc1cc(NC(=O)Nc2ccc(C3Cc4cnc(NCCCN5CCN(C)CC5)nc4-c4ccccc43)cc2)ccc1Br. The molecule has 2 amide bonds. The molecule has 1 fully saturated rings. The van der Waals surface area contributed by atoms with Crippen LogP contribution in [-0.2, 0) is 6.42 Å². The highest BCUT2D eigenvalue weighted by atomic mass is 79.9. The average Bonchev–Trinajstić information content (AvgIpc) is 3.02. The maximum Gasteiger partial charge on any atom is 0.323 e. The second kappa shape index (κ2) is 13.2. The fraction of sp³-hybridized carbons (Fsp3) is 0.324. The van der Waals surface area contributed by atoms with E-state index in [-0.39, 0.29) is 11.9 Å². The summed E-state index contributed by atoms with van der Waals surface area (Å²) >= 11 is 3.49. The number of halogens is 1. The van der Waals surface area contributed by atoms with E-state index in [2.05, 4.69) is 90.1 Å². The van der Waals surface area contributed by atoms with E-state index in [0.29, 0.717) is 5.95 Å². The largest absolute Gasteiger partial charge is 0.354 e. The number of hydrogen-bond donors (Lipinski definition) is 3. The summed E-state index contributed by atoms with van der Waals surface area (Å²) in [6, 6.07) is 22.1. The van der Waals surface area contributed by atoms with E-state index in [4.69, 9.17) is 4.98 Å². The highest BCUT2D eigenvalue weighted by Crippen LogP contribution is 2.42. The molecule has 3 N–H and O–H groups in total. The van der Waals surface area contributed by atoms with Crippen LogP contribution in [0, 0.1) is 6.92 Å². The van der Waals surface area contributed by atoms with E-state index in [1.807, 2.05) is 43.5 Å². The van der Waals surface area contributed by atoms with Gasteiger partial charge in [-0.3, -0.25) is 0 Å². The molecule has 0 bridgehead atoms. The van der Waals surface area contributed by atoms with Gasteiger partial charge in [0, 0.05) is 66.2 Å². The Morgan fingerprint density at radius 1 is 0.977 bits per heavy atom. The third-order valence-electron chi connectivity index (χ3n) is 8.40. The molecule has 1 saturated heterocycles. The second-order valence-corrected chi connectivity index (χ2v) is 12.4. The number of anilines is 3. The minimum Gasteiger partial charge on any atom is -0.354 e. The van der Waals surface area contributed by atoms with Gasteiger partial charge in [0.25, 0.3) is 0 Å². The van der Waals surface area contributed by atoms with Gasteiger partial charge in [0.2, 0.25) is 5.95 Å². The first-order valence-electron chi connectivity index (χ1n) is 15.0. The summed E-state index contributed by atoms with van der Waals surface area (Å²) < 4.78 is 1.01. The molecule has 2 heterocycles. The lowest BCUT2D eigenvalue weighted by atomic mass is 9.78. The van der Waals surface area contributed by atoms with Crippen LogP contribution in [0.5, 0.6) is 0 Å². The van der Waals surface area contributed by atoms with Crippen LogP contribution in [0.4, 0.5) is 22.1 Å². The molecule has 4 aromatic rings. The van der Waals surface area contributed by atoms with Crippen molar-refractivity contribution in [1.82, 2.24) is 19.8 Å². The van der Waals surface area contributed by atoms with E-state index in [1.165, 1.54) is 11.1 Å². The van der Waals surface area contributed by atoms with Crippen LogP contribution in [0.15, 0.2) is 77.4 Å². The normalized spacial score (nSPS) is 16.7. The Kier molecular flexibility index (Phi) is 9.02. The van der Waals surface area contributed by atoms with Gasteiger partial charge >= 0.3 is 6.03 Å². The Morgan fingerprint density at radius 2 is 1.72 bits per heavy atom. The maximum atomic E-state index is 12.6. The third kappa shape index (κ3) is 7.06. The van der Waals surface area contributed by atoms with Crippen molar-refractivity contribution in [3.63, 3.8) is 0 Å². The summed E-state index contributed by atoms with van der Waals surface area (Å²) in [5, 5.41) is 9.31. The first-order valence-corrected chi connectivity index (χ1v) is 15.8. The molecule has 0 radical (unpaired) electrons. The van der Waals surface area contributed by atoms with Crippen LogP contribution >= 0.6 is 15.9 Å². The first-order chi connectivity index (χ1) is 20.9. The van der Waals surface area contributed by atoms with Crippen LogP contribution in [0.25, 0.3) is 11.3 Å². The van der Waals surface area contributed by atoms with Crippen molar-refractivity contribution in [2.45, 2.75) is 25.7 Å².